The lowest BCUT2D eigenvalue weighted by Gasteiger charge is -2.18. The van der Waals surface area contributed by atoms with Crippen LogP contribution in [0.15, 0.2) is 97.2 Å². The third-order valence-corrected chi connectivity index (χ3v) is 6.15. The molecule has 4 rings (SSSR count). The predicted octanol–water partition coefficient (Wildman–Crippen LogP) is 5.97. The van der Waals surface area contributed by atoms with Crippen LogP contribution in [-0.4, -0.2) is 41.7 Å². The highest BCUT2D eigenvalue weighted by atomic mass is 16.5. The van der Waals surface area contributed by atoms with E-state index in [0.717, 1.165) is 29.1 Å². The summed E-state index contributed by atoms with van der Waals surface area (Å²) in [6, 6.07) is 27.2. The molecule has 40 heavy (non-hydrogen) atoms. The zero-order valence-corrected chi connectivity index (χ0v) is 22.4. The maximum absolute atomic E-state index is 13.1. The van der Waals surface area contributed by atoms with Gasteiger partial charge >= 0.3 is 5.97 Å². The highest BCUT2D eigenvalue weighted by molar-refractivity contribution is 5.95. The maximum Gasteiger partial charge on any atom is 0.305 e. The second-order valence-corrected chi connectivity index (χ2v) is 9.07. The molecule has 206 valence electrons. The van der Waals surface area contributed by atoms with E-state index in [4.69, 9.17) is 9.47 Å². The molecule has 8 heteroatoms. The van der Waals surface area contributed by atoms with Crippen LogP contribution in [0.4, 0.5) is 5.82 Å². The Morgan fingerprint density at radius 2 is 1.62 bits per heavy atom. The number of ether oxygens (including phenoxy) is 2. The molecule has 0 aliphatic rings. The molecule has 1 amide bonds. The van der Waals surface area contributed by atoms with E-state index in [0.29, 0.717) is 36.6 Å². The summed E-state index contributed by atoms with van der Waals surface area (Å²) in [6.45, 7) is 3.71. The topological polar surface area (TPSA) is 110 Å². The smallest absolute Gasteiger partial charge is 0.305 e. The van der Waals surface area contributed by atoms with Crippen LogP contribution in [0.2, 0.25) is 0 Å². The van der Waals surface area contributed by atoms with Crippen molar-refractivity contribution in [2.75, 3.05) is 25.1 Å². The molecular formula is C32H33N3O5. The lowest BCUT2D eigenvalue weighted by atomic mass is 9.98. The third-order valence-electron chi connectivity index (χ3n) is 6.15. The van der Waals surface area contributed by atoms with E-state index in [1.54, 1.807) is 30.5 Å². The molecule has 0 saturated carbocycles. The number of anilines is 1. The summed E-state index contributed by atoms with van der Waals surface area (Å²) in [5.41, 5.74) is 3.09. The molecule has 0 aliphatic heterocycles. The number of carbonyl (C=O) groups excluding carboxylic acids is 1. The highest BCUT2D eigenvalue weighted by Gasteiger charge is 2.19. The molecule has 3 aromatic carbocycles. The number of carboxylic acid groups (broad SMARTS) is 1. The summed E-state index contributed by atoms with van der Waals surface area (Å²) >= 11 is 0. The van der Waals surface area contributed by atoms with Gasteiger partial charge in [0, 0.05) is 18.3 Å². The molecule has 1 aromatic heterocycles. The number of aliphatic carboxylic acids is 1. The van der Waals surface area contributed by atoms with E-state index >= 15 is 0 Å². The van der Waals surface area contributed by atoms with Crippen molar-refractivity contribution < 1.29 is 24.2 Å². The number of hydrogen-bond donors (Lipinski definition) is 3. The Kier molecular flexibility index (Phi) is 10.1. The van der Waals surface area contributed by atoms with Gasteiger partial charge in [0.25, 0.3) is 5.91 Å². The number of hydrogen-bond acceptors (Lipinski definition) is 6. The van der Waals surface area contributed by atoms with Crippen molar-refractivity contribution >= 4 is 17.7 Å². The monoisotopic (exact) mass is 539 g/mol. The van der Waals surface area contributed by atoms with Gasteiger partial charge in [0.1, 0.15) is 17.3 Å². The molecule has 0 spiro atoms. The van der Waals surface area contributed by atoms with Gasteiger partial charge in [-0.05, 0) is 72.5 Å². The van der Waals surface area contributed by atoms with Gasteiger partial charge in [0.15, 0.2) is 0 Å². The van der Waals surface area contributed by atoms with E-state index < -0.39 is 12.0 Å². The number of benzene rings is 3. The summed E-state index contributed by atoms with van der Waals surface area (Å²) in [5, 5.41) is 15.6. The molecule has 0 saturated heterocycles. The number of rotatable bonds is 14. The molecule has 4 aromatic rings. The minimum atomic E-state index is -1.00. The Balaban J connectivity index is 1.35. The number of nitrogens with one attached hydrogen (secondary N) is 2. The summed E-state index contributed by atoms with van der Waals surface area (Å²) in [4.78, 5) is 28.9. The Hall–Kier alpha value is -4.85. The van der Waals surface area contributed by atoms with E-state index in [9.17, 15) is 14.7 Å². The van der Waals surface area contributed by atoms with Gasteiger partial charge in [-0.1, -0.05) is 48.5 Å². The van der Waals surface area contributed by atoms with Crippen LogP contribution >= 0.6 is 0 Å². The summed E-state index contributed by atoms with van der Waals surface area (Å²) in [7, 11) is 0. The molecule has 0 fully saturated rings. The van der Waals surface area contributed by atoms with Gasteiger partial charge in [0.05, 0.1) is 25.7 Å². The number of nitrogens with zero attached hydrogens (tertiary/aromatic N) is 1. The fraction of sp³-hybridized carbons (Fsp3) is 0.219. The normalized spacial score (nSPS) is 11.3. The average molecular weight is 540 g/mol. The minimum absolute atomic E-state index is 0.242. The molecule has 0 aliphatic carbocycles. The van der Waals surface area contributed by atoms with Gasteiger partial charge in [-0.3, -0.25) is 9.59 Å². The number of carboxylic acids is 1. The second-order valence-electron chi connectivity index (χ2n) is 9.07. The quantitative estimate of drug-likeness (QED) is 0.169. The average Bonchev–Trinajstić information content (AvgIpc) is 2.98. The van der Waals surface area contributed by atoms with Crippen LogP contribution in [0.3, 0.4) is 0 Å². The van der Waals surface area contributed by atoms with Crippen LogP contribution in [0.5, 0.6) is 11.5 Å². The molecule has 1 atom stereocenters. The van der Waals surface area contributed by atoms with Gasteiger partial charge < -0.3 is 25.2 Å². The molecule has 3 N–H and O–H groups in total. The Labute approximate surface area is 234 Å². The maximum atomic E-state index is 13.1. The zero-order chi connectivity index (χ0) is 28.2. The molecule has 1 heterocycles. The second kappa shape index (κ2) is 14.3. The molecule has 0 radical (unpaired) electrons. The first-order valence-electron chi connectivity index (χ1n) is 13.3. The van der Waals surface area contributed by atoms with Gasteiger partial charge in [-0.25, -0.2) is 4.98 Å². The van der Waals surface area contributed by atoms with Gasteiger partial charge in [-0.2, -0.15) is 0 Å². The van der Waals surface area contributed by atoms with Crippen LogP contribution in [0.25, 0.3) is 11.1 Å². The number of amides is 1. The minimum Gasteiger partial charge on any atom is -0.494 e. The van der Waals surface area contributed by atoms with Crippen molar-refractivity contribution in [3.05, 3.63) is 108 Å². The fourth-order valence-electron chi connectivity index (χ4n) is 4.16. The first-order chi connectivity index (χ1) is 19.5. The Morgan fingerprint density at radius 1 is 0.875 bits per heavy atom. The summed E-state index contributed by atoms with van der Waals surface area (Å²) in [6.07, 6.45) is 2.24. The third kappa shape index (κ3) is 8.33. The Bertz CT molecular complexity index is 1380. The Morgan fingerprint density at radius 3 is 2.30 bits per heavy atom. The number of pyridine rings is 1. The standard InChI is InChI=1S/C32H33N3O5/c1-2-39-27-16-14-24(15-17-27)23-10-12-25(13-11-23)29(22-31(36)37)35-32(38)26-7-5-8-28(21-26)40-20-6-19-34-30-9-3-4-18-33-30/h3-5,7-18,21,29H,2,6,19-20,22H2,1H3,(H,33,34)(H,35,38)(H,36,37). The van der Waals surface area contributed by atoms with Crippen molar-refractivity contribution in [1.29, 1.82) is 0 Å². The highest BCUT2D eigenvalue weighted by Crippen LogP contribution is 2.26. The van der Waals surface area contributed by atoms with Crippen LogP contribution < -0.4 is 20.1 Å². The summed E-state index contributed by atoms with van der Waals surface area (Å²) < 4.78 is 11.3. The zero-order valence-electron chi connectivity index (χ0n) is 22.4. The van der Waals surface area contributed by atoms with E-state index in [2.05, 4.69) is 15.6 Å². The van der Waals surface area contributed by atoms with Crippen LogP contribution in [0.1, 0.15) is 41.7 Å². The first-order valence-corrected chi connectivity index (χ1v) is 13.3. The number of carbonyl (C=O) groups is 2. The van der Waals surface area contributed by atoms with Crippen molar-refractivity contribution in [1.82, 2.24) is 10.3 Å². The van der Waals surface area contributed by atoms with Crippen LogP contribution in [0, 0.1) is 0 Å². The molecular weight excluding hydrogens is 506 g/mol. The molecule has 8 nitrogen and oxygen atoms in total. The first kappa shape index (κ1) is 28.2. The summed E-state index contributed by atoms with van der Waals surface area (Å²) in [5.74, 6) is 0.809. The predicted molar refractivity (Wildman–Crippen MR) is 155 cm³/mol. The van der Waals surface area contributed by atoms with Gasteiger partial charge in [0.2, 0.25) is 0 Å². The molecule has 1 unspecified atom stereocenters. The SMILES string of the molecule is CCOc1ccc(-c2ccc(C(CC(=O)O)NC(=O)c3cccc(OCCCNc4ccccn4)c3)cc2)cc1. The van der Waals surface area contributed by atoms with Gasteiger partial charge in [-0.15, -0.1) is 0 Å². The number of aromatic nitrogens is 1. The van der Waals surface area contributed by atoms with E-state index in [1.807, 2.05) is 73.7 Å². The van der Waals surface area contributed by atoms with Crippen molar-refractivity contribution in [2.24, 2.45) is 0 Å². The largest absolute Gasteiger partial charge is 0.494 e. The lowest BCUT2D eigenvalue weighted by molar-refractivity contribution is -0.137. The van der Waals surface area contributed by atoms with Crippen LogP contribution in [-0.2, 0) is 4.79 Å². The van der Waals surface area contributed by atoms with Crippen molar-refractivity contribution in [2.45, 2.75) is 25.8 Å². The lowest BCUT2D eigenvalue weighted by Crippen LogP contribution is -2.30. The van der Waals surface area contributed by atoms with E-state index in [-0.39, 0.29) is 12.3 Å². The van der Waals surface area contributed by atoms with Crippen molar-refractivity contribution in [3.8, 4) is 22.6 Å². The van der Waals surface area contributed by atoms with E-state index in [1.165, 1.54) is 0 Å². The van der Waals surface area contributed by atoms with Crippen molar-refractivity contribution in [3.63, 3.8) is 0 Å². The fourth-order valence-corrected chi connectivity index (χ4v) is 4.16. The molecule has 0 bridgehead atoms.